The lowest BCUT2D eigenvalue weighted by atomic mass is 10.2. The molecule has 0 bridgehead atoms. The maximum Gasteiger partial charge on any atom is 0.315 e. The van der Waals surface area contributed by atoms with Gasteiger partial charge in [0.15, 0.2) is 0 Å². The van der Waals surface area contributed by atoms with Crippen molar-refractivity contribution in [1.29, 1.82) is 5.26 Å². The molecule has 1 rings (SSSR count). The number of amides is 1. The summed E-state index contributed by atoms with van der Waals surface area (Å²) in [5.41, 5.74) is 6.12. The van der Waals surface area contributed by atoms with E-state index in [1.54, 1.807) is 31.2 Å². The van der Waals surface area contributed by atoms with Gasteiger partial charge in [-0.15, -0.1) is 0 Å². The standard InChI is InChI=1S/C12H13N3O3/c1-2-18-12(17)7-11(16)15-14-10-5-3-9(8-13)4-6-10/h3-6,14H,2,7H2,1H3,(H,15,16). The van der Waals surface area contributed by atoms with Crippen LogP contribution in [0.25, 0.3) is 0 Å². The number of hydrogen-bond donors (Lipinski definition) is 2. The Morgan fingerprint density at radius 2 is 2.00 bits per heavy atom. The van der Waals surface area contributed by atoms with Gasteiger partial charge in [0.1, 0.15) is 6.42 Å². The Labute approximate surface area is 105 Å². The number of hydrogen-bond acceptors (Lipinski definition) is 5. The molecule has 0 aromatic heterocycles. The molecule has 0 heterocycles. The molecule has 18 heavy (non-hydrogen) atoms. The predicted molar refractivity (Wildman–Crippen MR) is 64.2 cm³/mol. The van der Waals surface area contributed by atoms with E-state index in [-0.39, 0.29) is 13.0 Å². The lowest BCUT2D eigenvalue weighted by molar-refractivity contribution is -0.145. The molecule has 0 aliphatic heterocycles. The quantitative estimate of drug-likeness (QED) is 0.459. The van der Waals surface area contributed by atoms with Crippen LogP contribution in [0.3, 0.4) is 0 Å². The van der Waals surface area contributed by atoms with Gasteiger partial charge < -0.3 is 4.74 Å². The molecule has 2 N–H and O–H groups in total. The summed E-state index contributed by atoms with van der Waals surface area (Å²) in [6, 6.07) is 8.49. The first-order chi connectivity index (χ1) is 8.65. The molecule has 0 saturated carbocycles. The number of anilines is 1. The molecule has 1 aromatic rings. The van der Waals surface area contributed by atoms with Gasteiger partial charge in [0.2, 0.25) is 5.91 Å². The fourth-order valence-electron chi connectivity index (χ4n) is 1.16. The van der Waals surface area contributed by atoms with E-state index in [0.29, 0.717) is 11.3 Å². The number of rotatable bonds is 5. The van der Waals surface area contributed by atoms with Gasteiger partial charge in [-0.3, -0.25) is 20.4 Å². The molecule has 0 fully saturated rings. The lowest BCUT2D eigenvalue weighted by Gasteiger charge is -2.08. The monoisotopic (exact) mass is 247 g/mol. The van der Waals surface area contributed by atoms with Crippen LogP contribution < -0.4 is 10.9 Å². The molecular weight excluding hydrogens is 234 g/mol. The van der Waals surface area contributed by atoms with Gasteiger partial charge in [-0.25, -0.2) is 0 Å². The van der Waals surface area contributed by atoms with Crippen LogP contribution in [-0.4, -0.2) is 18.5 Å². The topological polar surface area (TPSA) is 91.2 Å². The average Bonchev–Trinajstić information content (AvgIpc) is 2.37. The van der Waals surface area contributed by atoms with Crippen LogP contribution in [0.4, 0.5) is 5.69 Å². The highest BCUT2D eigenvalue weighted by Gasteiger charge is 2.09. The highest BCUT2D eigenvalue weighted by molar-refractivity contribution is 5.94. The number of nitrogens with one attached hydrogen (secondary N) is 2. The van der Waals surface area contributed by atoms with Crippen molar-refractivity contribution in [1.82, 2.24) is 5.43 Å². The minimum absolute atomic E-state index is 0.245. The first kappa shape index (κ1) is 13.5. The predicted octanol–water partition coefficient (Wildman–Crippen LogP) is 0.955. The molecule has 0 aliphatic carbocycles. The lowest BCUT2D eigenvalue weighted by Crippen LogP contribution is -2.31. The second-order valence-corrected chi connectivity index (χ2v) is 3.34. The van der Waals surface area contributed by atoms with E-state index >= 15 is 0 Å². The largest absolute Gasteiger partial charge is 0.466 e. The summed E-state index contributed by atoms with van der Waals surface area (Å²) in [4.78, 5) is 22.3. The van der Waals surface area contributed by atoms with E-state index in [0.717, 1.165) is 0 Å². The zero-order valence-corrected chi connectivity index (χ0v) is 9.90. The third kappa shape index (κ3) is 4.53. The van der Waals surface area contributed by atoms with Crippen molar-refractivity contribution in [3.8, 4) is 6.07 Å². The van der Waals surface area contributed by atoms with Crippen LogP contribution >= 0.6 is 0 Å². The molecule has 1 amide bonds. The number of nitriles is 1. The number of carbonyl (C=O) groups is 2. The summed E-state index contributed by atoms with van der Waals surface area (Å²) in [6.07, 6.45) is -0.336. The summed E-state index contributed by atoms with van der Waals surface area (Å²) >= 11 is 0. The fourth-order valence-corrected chi connectivity index (χ4v) is 1.16. The van der Waals surface area contributed by atoms with E-state index in [1.807, 2.05) is 6.07 Å². The van der Waals surface area contributed by atoms with Crippen molar-refractivity contribution in [3.05, 3.63) is 29.8 Å². The highest BCUT2D eigenvalue weighted by Crippen LogP contribution is 2.07. The van der Waals surface area contributed by atoms with Crippen molar-refractivity contribution in [3.63, 3.8) is 0 Å². The summed E-state index contributed by atoms with van der Waals surface area (Å²) in [7, 11) is 0. The highest BCUT2D eigenvalue weighted by atomic mass is 16.5. The number of hydrazine groups is 1. The minimum Gasteiger partial charge on any atom is -0.466 e. The second-order valence-electron chi connectivity index (χ2n) is 3.34. The molecule has 0 radical (unpaired) electrons. The third-order valence-electron chi connectivity index (χ3n) is 1.97. The zero-order chi connectivity index (χ0) is 13.4. The summed E-state index contributed by atoms with van der Waals surface area (Å²) in [5, 5.41) is 8.60. The van der Waals surface area contributed by atoms with Crippen LogP contribution in [0.2, 0.25) is 0 Å². The molecule has 6 heteroatoms. The Balaban J connectivity index is 2.38. The van der Waals surface area contributed by atoms with Crippen molar-refractivity contribution in [2.75, 3.05) is 12.0 Å². The Hall–Kier alpha value is -2.55. The van der Waals surface area contributed by atoms with Crippen molar-refractivity contribution in [2.24, 2.45) is 0 Å². The first-order valence-electron chi connectivity index (χ1n) is 5.36. The average molecular weight is 247 g/mol. The molecule has 0 spiro atoms. The van der Waals surface area contributed by atoms with Crippen LogP contribution in [-0.2, 0) is 14.3 Å². The van der Waals surface area contributed by atoms with Crippen molar-refractivity contribution >= 4 is 17.6 Å². The Morgan fingerprint density at radius 1 is 1.33 bits per heavy atom. The molecule has 6 nitrogen and oxygen atoms in total. The normalized spacial score (nSPS) is 9.11. The van der Waals surface area contributed by atoms with E-state index < -0.39 is 11.9 Å². The maximum absolute atomic E-state index is 11.3. The number of ether oxygens (including phenoxy) is 1. The molecule has 1 aromatic carbocycles. The number of nitrogens with zero attached hydrogens (tertiary/aromatic N) is 1. The van der Waals surface area contributed by atoms with Crippen LogP contribution in [0.1, 0.15) is 18.9 Å². The SMILES string of the molecule is CCOC(=O)CC(=O)NNc1ccc(C#N)cc1. The second kappa shape index (κ2) is 6.91. The molecule has 0 unspecified atom stereocenters. The first-order valence-corrected chi connectivity index (χ1v) is 5.36. The zero-order valence-electron chi connectivity index (χ0n) is 9.90. The van der Waals surface area contributed by atoms with E-state index in [9.17, 15) is 9.59 Å². The Bertz CT molecular complexity index is 462. The molecule has 94 valence electrons. The smallest absolute Gasteiger partial charge is 0.315 e. The number of carbonyl (C=O) groups excluding carboxylic acids is 2. The van der Waals surface area contributed by atoms with Gasteiger partial charge in [0.05, 0.1) is 23.9 Å². The van der Waals surface area contributed by atoms with Gasteiger partial charge in [0.25, 0.3) is 0 Å². The summed E-state index contributed by atoms with van der Waals surface area (Å²) in [5.74, 6) is -1.06. The van der Waals surface area contributed by atoms with Crippen molar-refractivity contribution in [2.45, 2.75) is 13.3 Å². The van der Waals surface area contributed by atoms with Crippen LogP contribution in [0.15, 0.2) is 24.3 Å². The van der Waals surface area contributed by atoms with Gasteiger partial charge in [-0.05, 0) is 31.2 Å². The van der Waals surface area contributed by atoms with Gasteiger partial charge >= 0.3 is 5.97 Å². The summed E-state index contributed by atoms with van der Waals surface area (Å²) in [6.45, 7) is 1.92. The molecule has 0 aliphatic rings. The van der Waals surface area contributed by atoms with Gasteiger partial charge in [-0.2, -0.15) is 5.26 Å². The Kier molecular flexibility index (Phi) is 5.19. The van der Waals surface area contributed by atoms with Crippen LogP contribution in [0, 0.1) is 11.3 Å². The van der Waals surface area contributed by atoms with Crippen molar-refractivity contribution < 1.29 is 14.3 Å². The van der Waals surface area contributed by atoms with Gasteiger partial charge in [0, 0.05) is 0 Å². The molecule has 0 saturated heterocycles. The van der Waals surface area contributed by atoms with Crippen LogP contribution in [0.5, 0.6) is 0 Å². The third-order valence-corrected chi connectivity index (χ3v) is 1.97. The Morgan fingerprint density at radius 3 is 2.56 bits per heavy atom. The summed E-state index contributed by atoms with van der Waals surface area (Å²) < 4.78 is 4.63. The van der Waals surface area contributed by atoms with E-state index in [4.69, 9.17) is 5.26 Å². The van der Waals surface area contributed by atoms with E-state index in [1.165, 1.54) is 0 Å². The number of benzene rings is 1. The minimum atomic E-state index is -0.573. The molecule has 0 atom stereocenters. The van der Waals surface area contributed by atoms with Gasteiger partial charge in [-0.1, -0.05) is 0 Å². The number of esters is 1. The maximum atomic E-state index is 11.3. The fraction of sp³-hybridized carbons (Fsp3) is 0.250. The van der Waals surface area contributed by atoms with E-state index in [2.05, 4.69) is 15.6 Å². The molecular formula is C12H13N3O3.